The van der Waals surface area contributed by atoms with Gasteiger partial charge in [0.1, 0.15) is 5.60 Å². The molecule has 0 spiro atoms. The first-order chi connectivity index (χ1) is 11.6. The minimum absolute atomic E-state index is 0.0823. The molecule has 0 aromatic carbocycles. The fourth-order valence-corrected chi connectivity index (χ4v) is 4.13. The molecule has 0 saturated carbocycles. The zero-order valence-electron chi connectivity index (χ0n) is 18.5. The molecule has 1 unspecified atom stereocenters. The average Bonchev–Trinajstić information content (AvgIpc) is 2.75. The van der Waals surface area contributed by atoms with Crippen LogP contribution in [0.1, 0.15) is 74.7 Å². The lowest BCUT2D eigenvalue weighted by Crippen LogP contribution is -2.48. The molecule has 26 heavy (non-hydrogen) atoms. The van der Waals surface area contributed by atoms with Gasteiger partial charge >= 0.3 is 6.09 Å². The second kappa shape index (κ2) is 7.62. The van der Waals surface area contributed by atoms with Crippen LogP contribution in [0.25, 0.3) is 0 Å². The van der Waals surface area contributed by atoms with Crippen LogP contribution >= 0.6 is 0 Å². The Morgan fingerprint density at radius 3 is 2.04 bits per heavy atom. The van der Waals surface area contributed by atoms with E-state index < -0.39 is 25.4 Å². The number of amides is 2. The number of carbonyl (C=O) groups excluding carboxylic acids is 2. The highest BCUT2D eigenvalue weighted by atomic mass is 28.4. The molecule has 1 heterocycles. The molecule has 6 heteroatoms. The normalized spacial score (nSPS) is 21.2. The molecule has 5 nitrogen and oxygen atoms in total. The fourth-order valence-electron chi connectivity index (χ4n) is 3.09. The van der Waals surface area contributed by atoms with Crippen LogP contribution in [-0.4, -0.2) is 43.5 Å². The number of nitrogens with zero attached hydrogens (tertiary/aromatic N) is 1. The highest BCUT2D eigenvalue weighted by molar-refractivity contribution is 6.74. The molecule has 1 rings (SSSR count). The van der Waals surface area contributed by atoms with Gasteiger partial charge in [0.2, 0.25) is 5.91 Å². The van der Waals surface area contributed by atoms with E-state index in [1.807, 2.05) is 34.6 Å². The molecule has 0 N–H and O–H groups in total. The van der Waals surface area contributed by atoms with E-state index in [-0.39, 0.29) is 17.0 Å². The molecule has 2 amide bonds. The molecule has 1 saturated heterocycles. The quantitative estimate of drug-likeness (QED) is 0.599. The second-order valence-corrected chi connectivity index (χ2v) is 14.9. The van der Waals surface area contributed by atoms with E-state index >= 15 is 0 Å². The molecule has 1 aliphatic rings. The number of rotatable bonds is 5. The second-order valence-electron chi connectivity index (χ2n) is 10.1. The highest BCUT2D eigenvalue weighted by Crippen LogP contribution is 2.44. The topological polar surface area (TPSA) is 55.8 Å². The Hall–Kier alpha value is -0.883. The van der Waals surface area contributed by atoms with Crippen LogP contribution in [0, 0.1) is 5.41 Å². The predicted molar refractivity (Wildman–Crippen MR) is 108 cm³/mol. The standard InChI is InChI=1S/C20H39NO4Si/c1-11-20(12-2)13-15(14-24-26(9,10)19(6,7)8)21(16(20)22)17(23)25-18(3,4)5/h15H,11-14H2,1-10H3. The van der Waals surface area contributed by atoms with Crippen LogP contribution in [0.2, 0.25) is 18.1 Å². The molecule has 0 bridgehead atoms. The first-order valence-electron chi connectivity index (χ1n) is 9.81. The van der Waals surface area contributed by atoms with Crippen LogP contribution in [0.15, 0.2) is 0 Å². The average molecular weight is 386 g/mol. The van der Waals surface area contributed by atoms with Crippen molar-refractivity contribution in [1.29, 1.82) is 0 Å². The number of likely N-dealkylation sites (tertiary alicyclic amines) is 1. The molecule has 0 aromatic rings. The van der Waals surface area contributed by atoms with Gasteiger partial charge in [-0.05, 0) is 58.2 Å². The monoisotopic (exact) mass is 385 g/mol. The Labute approximate surface area is 160 Å². The Morgan fingerprint density at radius 2 is 1.65 bits per heavy atom. The number of ether oxygens (including phenoxy) is 1. The minimum atomic E-state index is -1.96. The molecule has 0 radical (unpaired) electrons. The van der Waals surface area contributed by atoms with Gasteiger partial charge in [-0.1, -0.05) is 34.6 Å². The summed E-state index contributed by atoms with van der Waals surface area (Å²) in [6, 6.07) is -0.258. The zero-order valence-corrected chi connectivity index (χ0v) is 19.5. The largest absolute Gasteiger partial charge is 0.443 e. The summed E-state index contributed by atoms with van der Waals surface area (Å²) < 4.78 is 11.9. The van der Waals surface area contributed by atoms with Crippen LogP contribution in [-0.2, 0) is 14.0 Å². The lowest BCUT2D eigenvalue weighted by Gasteiger charge is -2.37. The summed E-state index contributed by atoms with van der Waals surface area (Å²) in [6.45, 7) is 20.8. The number of imide groups is 1. The van der Waals surface area contributed by atoms with Crippen molar-refractivity contribution < 1.29 is 18.8 Å². The zero-order chi connectivity index (χ0) is 20.6. The van der Waals surface area contributed by atoms with E-state index in [1.165, 1.54) is 4.90 Å². The van der Waals surface area contributed by atoms with E-state index in [1.54, 1.807) is 0 Å². The van der Waals surface area contributed by atoms with Gasteiger partial charge < -0.3 is 9.16 Å². The predicted octanol–water partition coefficient (Wildman–Crippen LogP) is 5.35. The summed E-state index contributed by atoms with van der Waals surface area (Å²) in [5.74, 6) is -0.111. The van der Waals surface area contributed by atoms with Crippen molar-refractivity contribution in [3.8, 4) is 0 Å². The molecular formula is C20H39NO4Si. The van der Waals surface area contributed by atoms with Crippen LogP contribution in [0.5, 0.6) is 0 Å². The van der Waals surface area contributed by atoms with Gasteiger partial charge in [-0.2, -0.15) is 0 Å². The van der Waals surface area contributed by atoms with Gasteiger partial charge in [0, 0.05) is 0 Å². The first kappa shape index (κ1) is 23.2. The Bertz CT molecular complexity index is 527. The Morgan fingerprint density at radius 1 is 1.15 bits per heavy atom. The first-order valence-corrected chi connectivity index (χ1v) is 12.7. The third-order valence-electron chi connectivity index (χ3n) is 6.05. The molecule has 0 aromatic heterocycles. The third-order valence-corrected chi connectivity index (χ3v) is 10.6. The number of hydrogen-bond acceptors (Lipinski definition) is 4. The molecule has 1 fully saturated rings. The van der Waals surface area contributed by atoms with E-state index in [0.29, 0.717) is 13.0 Å². The van der Waals surface area contributed by atoms with E-state index in [9.17, 15) is 9.59 Å². The van der Waals surface area contributed by atoms with Crippen LogP contribution in [0.3, 0.4) is 0 Å². The van der Waals surface area contributed by atoms with E-state index in [2.05, 4.69) is 33.9 Å². The molecular weight excluding hydrogens is 346 g/mol. The van der Waals surface area contributed by atoms with Crippen molar-refractivity contribution in [1.82, 2.24) is 4.90 Å². The van der Waals surface area contributed by atoms with Crippen molar-refractivity contribution in [2.45, 2.75) is 104 Å². The van der Waals surface area contributed by atoms with Gasteiger partial charge in [-0.3, -0.25) is 4.79 Å². The Balaban J connectivity index is 3.08. The van der Waals surface area contributed by atoms with Gasteiger partial charge in [0.25, 0.3) is 0 Å². The van der Waals surface area contributed by atoms with Crippen molar-refractivity contribution in [2.75, 3.05) is 6.61 Å². The fraction of sp³-hybridized carbons (Fsp3) is 0.900. The highest BCUT2D eigenvalue weighted by Gasteiger charge is 2.53. The summed E-state index contributed by atoms with van der Waals surface area (Å²) in [7, 11) is -1.96. The number of hydrogen-bond donors (Lipinski definition) is 0. The smallest absolute Gasteiger partial charge is 0.417 e. The van der Waals surface area contributed by atoms with E-state index in [4.69, 9.17) is 9.16 Å². The van der Waals surface area contributed by atoms with E-state index in [0.717, 1.165) is 12.8 Å². The van der Waals surface area contributed by atoms with Gasteiger partial charge in [0.05, 0.1) is 18.1 Å². The third kappa shape index (κ3) is 4.88. The summed E-state index contributed by atoms with van der Waals surface area (Å²) in [5, 5.41) is 0.0823. The van der Waals surface area contributed by atoms with Crippen molar-refractivity contribution >= 4 is 20.3 Å². The van der Waals surface area contributed by atoms with Gasteiger partial charge in [-0.15, -0.1) is 0 Å². The lowest BCUT2D eigenvalue weighted by atomic mass is 9.80. The maximum Gasteiger partial charge on any atom is 0.417 e. The van der Waals surface area contributed by atoms with Crippen molar-refractivity contribution in [2.24, 2.45) is 5.41 Å². The SMILES string of the molecule is CCC1(CC)CC(CO[Si](C)(C)C(C)(C)C)N(C(=O)OC(C)(C)C)C1=O. The summed E-state index contributed by atoms with van der Waals surface area (Å²) in [5.41, 5.74) is -1.12. The lowest BCUT2D eigenvalue weighted by molar-refractivity contribution is -0.136. The summed E-state index contributed by atoms with van der Waals surface area (Å²) in [4.78, 5) is 27.2. The maximum atomic E-state index is 13.1. The van der Waals surface area contributed by atoms with Gasteiger partial charge in [-0.25, -0.2) is 9.69 Å². The summed E-state index contributed by atoms with van der Waals surface area (Å²) >= 11 is 0. The van der Waals surface area contributed by atoms with Crippen LogP contribution < -0.4 is 0 Å². The van der Waals surface area contributed by atoms with Crippen molar-refractivity contribution in [3.63, 3.8) is 0 Å². The van der Waals surface area contributed by atoms with Gasteiger partial charge in [0.15, 0.2) is 8.32 Å². The minimum Gasteiger partial charge on any atom is -0.443 e. The molecule has 152 valence electrons. The molecule has 1 atom stereocenters. The number of carbonyl (C=O) groups is 2. The molecule has 0 aliphatic carbocycles. The molecule has 1 aliphatic heterocycles. The summed E-state index contributed by atoms with van der Waals surface area (Å²) in [6.07, 6.45) is 1.54. The van der Waals surface area contributed by atoms with Crippen LogP contribution in [0.4, 0.5) is 4.79 Å². The van der Waals surface area contributed by atoms with Crippen molar-refractivity contribution in [3.05, 3.63) is 0 Å². The Kier molecular flexibility index (Phi) is 6.79. The maximum absolute atomic E-state index is 13.1.